The second-order valence-corrected chi connectivity index (χ2v) is 4.39. The lowest BCUT2D eigenvalue weighted by molar-refractivity contribution is 0.0696. The van der Waals surface area contributed by atoms with E-state index >= 15 is 0 Å². The zero-order chi connectivity index (χ0) is 14.2. The van der Waals surface area contributed by atoms with E-state index in [0.29, 0.717) is 11.1 Å². The van der Waals surface area contributed by atoms with Gasteiger partial charge in [0.1, 0.15) is 11.6 Å². The number of hydrogen-bond acceptors (Lipinski definition) is 1. The number of hydrogen-bond donors (Lipinski definition) is 1. The van der Waals surface area contributed by atoms with Gasteiger partial charge in [0.25, 0.3) is 0 Å². The van der Waals surface area contributed by atoms with Gasteiger partial charge in [-0.1, -0.05) is 18.2 Å². The zero-order valence-corrected chi connectivity index (χ0v) is 10.5. The van der Waals surface area contributed by atoms with Gasteiger partial charge < -0.3 is 5.11 Å². The number of halogens is 2. The largest absolute Gasteiger partial charge is 0.478 e. The van der Waals surface area contributed by atoms with Gasteiger partial charge in [0.15, 0.2) is 0 Å². The molecule has 0 saturated heterocycles. The van der Waals surface area contributed by atoms with Crippen LogP contribution in [0.15, 0.2) is 30.3 Å². The number of aromatic carboxylic acids is 1. The predicted octanol–water partition coefficient (Wildman–Crippen LogP) is 3.95. The van der Waals surface area contributed by atoms with Crippen molar-refractivity contribution >= 4 is 5.97 Å². The highest BCUT2D eigenvalue weighted by Gasteiger charge is 2.16. The normalized spacial score (nSPS) is 10.5. The van der Waals surface area contributed by atoms with Gasteiger partial charge in [-0.05, 0) is 42.7 Å². The second-order valence-electron chi connectivity index (χ2n) is 4.39. The number of benzene rings is 2. The van der Waals surface area contributed by atoms with Crippen LogP contribution in [0.2, 0.25) is 0 Å². The van der Waals surface area contributed by atoms with E-state index in [1.54, 1.807) is 13.0 Å². The lowest BCUT2D eigenvalue weighted by atomic mass is 9.97. The Kier molecular flexibility index (Phi) is 3.34. The summed E-state index contributed by atoms with van der Waals surface area (Å²) in [6, 6.07) is 6.87. The molecule has 0 atom stereocenters. The topological polar surface area (TPSA) is 37.3 Å². The molecule has 0 spiro atoms. The van der Waals surface area contributed by atoms with E-state index in [-0.39, 0.29) is 16.7 Å². The van der Waals surface area contributed by atoms with Crippen molar-refractivity contribution in [2.75, 3.05) is 0 Å². The van der Waals surface area contributed by atoms with Crippen LogP contribution in [0.5, 0.6) is 0 Å². The van der Waals surface area contributed by atoms with Gasteiger partial charge in [-0.15, -0.1) is 0 Å². The molecule has 4 heteroatoms. The fourth-order valence-electron chi connectivity index (χ4n) is 1.93. The minimum Gasteiger partial charge on any atom is -0.478 e. The van der Waals surface area contributed by atoms with Gasteiger partial charge >= 0.3 is 5.97 Å². The molecule has 0 aliphatic carbocycles. The Labute approximate surface area is 109 Å². The smallest absolute Gasteiger partial charge is 0.335 e. The van der Waals surface area contributed by atoms with E-state index in [1.165, 1.54) is 31.2 Å². The first-order valence-electron chi connectivity index (χ1n) is 5.70. The lowest BCUT2D eigenvalue weighted by Gasteiger charge is -2.09. The van der Waals surface area contributed by atoms with Crippen molar-refractivity contribution in [3.05, 3.63) is 58.7 Å². The standard InChI is InChI=1S/C15H12F2O2/c1-8-3-5-10(7-11(8)15(18)19)13-12(16)6-4-9(2)14(13)17/h3-7H,1-2H3,(H,18,19). The molecule has 0 amide bonds. The first-order valence-corrected chi connectivity index (χ1v) is 5.70. The van der Waals surface area contributed by atoms with Crippen LogP contribution in [0.3, 0.4) is 0 Å². The zero-order valence-electron chi connectivity index (χ0n) is 10.5. The van der Waals surface area contributed by atoms with Crippen LogP contribution in [0, 0.1) is 25.5 Å². The molecule has 0 fully saturated rings. The Hall–Kier alpha value is -2.23. The first-order chi connectivity index (χ1) is 8.91. The minimum atomic E-state index is -1.12. The summed E-state index contributed by atoms with van der Waals surface area (Å²) in [5.41, 5.74) is 0.931. The molecule has 0 aliphatic rings. The van der Waals surface area contributed by atoms with Crippen molar-refractivity contribution in [2.24, 2.45) is 0 Å². The third-order valence-electron chi connectivity index (χ3n) is 3.04. The van der Waals surface area contributed by atoms with E-state index in [2.05, 4.69) is 0 Å². The number of carboxylic acids is 1. The summed E-state index contributed by atoms with van der Waals surface area (Å²) >= 11 is 0. The molecular formula is C15H12F2O2. The molecule has 2 rings (SSSR count). The third kappa shape index (κ3) is 2.34. The maximum absolute atomic E-state index is 14.0. The number of aryl methyl sites for hydroxylation is 2. The molecule has 0 saturated carbocycles. The summed E-state index contributed by atoms with van der Waals surface area (Å²) in [6.45, 7) is 3.17. The Balaban J connectivity index is 2.70. The molecule has 1 N–H and O–H groups in total. The van der Waals surface area contributed by atoms with Crippen molar-refractivity contribution in [2.45, 2.75) is 13.8 Å². The minimum absolute atomic E-state index is 0.0396. The highest BCUT2D eigenvalue weighted by atomic mass is 19.1. The van der Waals surface area contributed by atoms with Gasteiger partial charge in [-0.25, -0.2) is 13.6 Å². The van der Waals surface area contributed by atoms with Crippen LogP contribution in [-0.4, -0.2) is 11.1 Å². The van der Waals surface area contributed by atoms with Crippen molar-refractivity contribution in [3.8, 4) is 11.1 Å². The fourth-order valence-corrected chi connectivity index (χ4v) is 1.93. The Bertz CT molecular complexity index is 663. The maximum atomic E-state index is 14.0. The van der Waals surface area contributed by atoms with Crippen LogP contribution < -0.4 is 0 Å². The van der Waals surface area contributed by atoms with Crippen LogP contribution in [0.4, 0.5) is 8.78 Å². The monoisotopic (exact) mass is 262 g/mol. The van der Waals surface area contributed by atoms with E-state index < -0.39 is 17.6 Å². The summed E-state index contributed by atoms with van der Waals surface area (Å²) in [7, 11) is 0. The Morgan fingerprint density at radius 1 is 1.05 bits per heavy atom. The molecule has 0 aliphatic heterocycles. The van der Waals surface area contributed by atoms with Crippen LogP contribution >= 0.6 is 0 Å². The summed E-state index contributed by atoms with van der Waals surface area (Å²) in [5.74, 6) is -2.49. The Morgan fingerprint density at radius 3 is 2.32 bits per heavy atom. The summed E-state index contributed by atoms with van der Waals surface area (Å²) in [4.78, 5) is 11.1. The van der Waals surface area contributed by atoms with Crippen molar-refractivity contribution < 1.29 is 18.7 Å². The maximum Gasteiger partial charge on any atom is 0.335 e. The highest BCUT2D eigenvalue weighted by molar-refractivity contribution is 5.91. The summed E-state index contributed by atoms with van der Waals surface area (Å²) in [5, 5.41) is 9.04. The lowest BCUT2D eigenvalue weighted by Crippen LogP contribution is -2.01. The van der Waals surface area contributed by atoms with Gasteiger partial charge in [-0.2, -0.15) is 0 Å². The van der Waals surface area contributed by atoms with Crippen LogP contribution in [0.25, 0.3) is 11.1 Å². The number of rotatable bonds is 2. The van der Waals surface area contributed by atoms with E-state index in [4.69, 9.17) is 5.11 Å². The molecule has 0 unspecified atom stereocenters. The number of carbonyl (C=O) groups is 1. The quantitative estimate of drug-likeness (QED) is 0.889. The molecule has 2 aromatic rings. The SMILES string of the molecule is Cc1ccc(-c2c(F)ccc(C)c2F)cc1C(=O)O. The van der Waals surface area contributed by atoms with E-state index in [0.717, 1.165) is 0 Å². The highest BCUT2D eigenvalue weighted by Crippen LogP contribution is 2.29. The molecule has 19 heavy (non-hydrogen) atoms. The van der Waals surface area contributed by atoms with E-state index in [1.807, 2.05) is 0 Å². The molecule has 0 heterocycles. The van der Waals surface area contributed by atoms with Crippen molar-refractivity contribution in [3.63, 3.8) is 0 Å². The molecule has 0 bridgehead atoms. The average molecular weight is 262 g/mol. The Morgan fingerprint density at radius 2 is 1.68 bits per heavy atom. The van der Waals surface area contributed by atoms with Gasteiger partial charge in [0, 0.05) is 0 Å². The molecule has 98 valence electrons. The van der Waals surface area contributed by atoms with Gasteiger partial charge in [0.05, 0.1) is 11.1 Å². The summed E-state index contributed by atoms with van der Waals surface area (Å²) < 4.78 is 27.8. The molecule has 0 radical (unpaired) electrons. The molecule has 2 nitrogen and oxygen atoms in total. The first kappa shape index (κ1) is 13.2. The third-order valence-corrected chi connectivity index (χ3v) is 3.04. The second kappa shape index (κ2) is 4.80. The predicted molar refractivity (Wildman–Crippen MR) is 68.2 cm³/mol. The van der Waals surface area contributed by atoms with E-state index in [9.17, 15) is 13.6 Å². The van der Waals surface area contributed by atoms with Crippen LogP contribution in [0.1, 0.15) is 21.5 Å². The van der Waals surface area contributed by atoms with Crippen LogP contribution in [-0.2, 0) is 0 Å². The van der Waals surface area contributed by atoms with Gasteiger partial charge in [-0.3, -0.25) is 0 Å². The molecule has 2 aromatic carbocycles. The fraction of sp³-hybridized carbons (Fsp3) is 0.133. The van der Waals surface area contributed by atoms with Gasteiger partial charge in [0.2, 0.25) is 0 Å². The molecular weight excluding hydrogens is 250 g/mol. The number of carboxylic acid groups (broad SMARTS) is 1. The van der Waals surface area contributed by atoms with Crippen molar-refractivity contribution in [1.82, 2.24) is 0 Å². The van der Waals surface area contributed by atoms with Crippen molar-refractivity contribution in [1.29, 1.82) is 0 Å². The summed E-state index contributed by atoms with van der Waals surface area (Å²) in [6.07, 6.45) is 0. The average Bonchev–Trinajstić information content (AvgIpc) is 2.36. The molecule has 0 aromatic heterocycles.